The van der Waals surface area contributed by atoms with Crippen molar-refractivity contribution in [3.63, 3.8) is 0 Å². The van der Waals surface area contributed by atoms with Gasteiger partial charge in [-0.15, -0.1) is 0 Å². The van der Waals surface area contributed by atoms with E-state index in [1.807, 2.05) is 0 Å². The number of amides is 2. The molecule has 2 N–H and O–H groups in total. The first kappa shape index (κ1) is 20.1. The Hall–Kier alpha value is -2.25. The highest BCUT2D eigenvalue weighted by molar-refractivity contribution is 6.36. The summed E-state index contributed by atoms with van der Waals surface area (Å²) < 4.78 is 36.1. The maximum atomic E-state index is 12.2. The molecule has 0 aliphatic rings. The second-order valence-electron chi connectivity index (χ2n) is 5.34. The average molecular weight is 405 g/mol. The zero-order valence-electron chi connectivity index (χ0n) is 13.2. The molecule has 0 heterocycles. The van der Waals surface area contributed by atoms with Gasteiger partial charge in [0.05, 0.1) is 17.0 Å². The van der Waals surface area contributed by atoms with Crippen molar-refractivity contribution in [2.75, 3.05) is 11.9 Å². The monoisotopic (exact) mass is 404 g/mol. The minimum absolute atomic E-state index is 0.203. The normalized spacial score (nSPS) is 11.1. The molecule has 0 saturated carbocycles. The Bertz CT molecular complexity index is 809. The van der Waals surface area contributed by atoms with E-state index in [1.54, 1.807) is 11.4 Å². The van der Waals surface area contributed by atoms with Crippen LogP contribution in [-0.4, -0.2) is 24.5 Å². The molecule has 4 nitrogen and oxygen atoms in total. The topological polar surface area (TPSA) is 58.2 Å². The third kappa shape index (κ3) is 6.24. The van der Waals surface area contributed by atoms with Crippen LogP contribution in [0.5, 0.6) is 0 Å². The Labute approximate surface area is 157 Å². The maximum absolute atomic E-state index is 12.2. The standard InChI is InChI=1S/C17H13Cl2F3N2O2/c18-11-3-6-14(19)13(8-11)16(26)24-12-4-1-10(2-5-12)7-15(25)23-9-17(20,21)22/h1-6,8H,7,9H2,(H,23,25)(H,24,26). The zero-order chi connectivity index (χ0) is 19.3. The van der Waals surface area contributed by atoms with Crippen LogP contribution in [0.25, 0.3) is 0 Å². The molecule has 0 unspecified atom stereocenters. The molecule has 0 aliphatic heterocycles. The van der Waals surface area contributed by atoms with Crippen LogP contribution in [0.3, 0.4) is 0 Å². The molecule has 0 spiro atoms. The summed E-state index contributed by atoms with van der Waals surface area (Å²) in [6.07, 6.45) is -4.66. The first-order chi connectivity index (χ1) is 12.1. The van der Waals surface area contributed by atoms with Crippen molar-refractivity contribution in [1.82, 2.24) is 5.32 Å². The molecular weight excluding hydrogens is 392 g/mol. The fraction of sp³-hybridized carbons (Fsp3) is 0.176. The summed E-state index contributed by atoms with van der Waals surface area (Å²) in [4.78, 5) is 23.7. The fourth-order valence-electron chi connectivity index (χ4n) is 2.02. The number of nitrogens with one attached hydrogen (secondary N) is 2. The summed E-state index contributed by atoms with van der Waals surface area (Å²) in [7, 11) is 0. The minimum Gasteiger partial charge on any atom is -0.347 e. The molecule has 0 aromatic heterocycles. The van der Waals surface area contributed by atoms with Crippen LogP contribution in [0.4, 0.5) is 18.9 Å². The summed E-state index contributed by atoms with van der Waals surface area (Å²) in [5.41, 5.74) is 1.14. The van der Waals surface area contributed by atoms with E-state index in [4.69, 9.17) is 23.2 Å². The lowest BCUT2D eigenvalue weighted by atomic mass is 10.1. The predicted octanol–water partition coefficient (Wildman–Crippen LogP) is 4.47. The number of halogens is 5. The van der Waals surface area contributed by atoms with E-state index >= 15 is 0 Å². The average Bonchev–Trinajstić information content (AvgIpc) is 2.56. The fourth-order valence-corrected chi connectivity index (χ4v) is 2.40. The van der Waals surface area contributed by atoms with Gasteiger partial charge in [-0.3, -0.25) is 9.59 Å². The molecule has 138 valence electrons. The number of hydrogen-bond acceptors (Lipinski definition) is 2. The quantitative estimate of drug-likeness (QED) is 0.772. The third-order valence-electron chi connectivity index (χ3n) is 3.24. The number of hydrogen-bond donors (Lipinski definition) is 2. The van der Waals surface area contributed by atoms with Crippen molar-refractivity contribution in [2.45, 2.75) is 12.6 Å². The molecule has 2 amide bonds. The van der Waals surface area contributed by atoms with E-state index in [2.05, 4.69) is 5.32 Å². The van der Waals surface area contributed by atoms with E-state index < -0.39 is 24.5 Å². The highest BCUT2D eigenvalue weighted by Gasteiger charge is 2.27. The summed E-state index contributed by atoms with van der Waals surface area (Å²) in [6, 6.07) is 10.6. The molecule has 0 radical (unpaired) electrons. The Morgan fingerprint density at radius 3 is 2.27 bits per heavy atom. The summed E-state index contributed by atoms with van der Waals surface area (Å²) in [5, 5.41) is 5.01. The molecule has 9 heteroatoms. The maximum Gasteiger partial charge on any atom is 0.405 e. The SMILES string of the molecule is O=C(Cc1ccc(NC(=O)c2cc(Cl)ccc2Cl)cc1)NCC(F)(F)F. The Balaban J connectivity index is 1.96. The molecule has 0 fully saturated rings. The van der Waals surface area contributed by atoms with Crippen molar-refractivity contribution < 1.29 is 22.8 Å². The molecule has 0 aliphatic carbocycles. The van der Waals surface area contributed by atoms with Crippen molar-refractivity contribution in [1.29, 1.82) is 0 Å². The Morgan fingerprint density at radius 1 is 1.00 bits per heavy atom. The van der Waals surface area contributed by atoms with Gasteiger partial charge in [-0.25, -0.2) is 0 Å². The van der Waals surface area contributed by atoms with E-state index in [0.29, 0.717) is 16.3 Å². The van der Waals surface area contributed by atoms with Crippen molar-refractivity contribution in [3.8, 4) is 0 Å². The van der Waals surface area contributed by atoms with Crippen LogP contribution < -0.4 is 10.6 Å². The summed E-state index contributed by atoms with van der Waals surface area (Å²) in [6.45, 7) is -1.37. The van der Waals surface area contributed by atoms with Gasteiger partial charge in [0.15, 0.2) is 0 Å². The van der Waals surface area contributed by atoms with Gasteiger partial charge in [-0.2, -0.15) is 13.2 Å². The van der Waals surface area contributed by atoms with Gasteiger partial charge < -0.3 is 10.6 Å². The molecule has 2 aromatic rings. The van der Waals surface area contributed by atoms with Crippen LogP contribution >= 0.6 is 23.2 Å². The van der Waals surface area contributed by atoms with Crippen molar-refractivity contribution >= 4 is 40.7 Å². The zero-order valence-corrected chi connectivity index (χ0v) is 14.7. The first-order valence-corrected chi connectivity index (χ1v) is 8.08. The van der Waals surface area contributed by atoms with Gasteiger partial charge >= 0.3 is 6.18 Å². The van der Waals surface area contributed by atoms with E-state index in [9.17, 15) is 22.8 Å². The van der Waals surface area contributed by atoms with Crippen molar-refractivity contribution in [2.24, 2.45) is 0 Å². The molecule has 26 heavy (non-hydrogen) atoms. The van der Waals surface area contributed by atoms with Crippen LogP contribution in [0.2, 0.25) is 10.0 Å². The number of carbonyl (C=O) groups excluding carboxylic acids is 2. The molecule has 0 saturated heterocycles. The third-order valence-corrected chi connectivity index (χ3v) is 3.80. The van der Waals surface area contributed by atoms with Gasteiger partial charge in [0.25, 0.3) is 5.91 Å². The van der Waals surface area contributed by atoms with Crippen LogP contribution in [0.1, 0.15) is 15.9 Å². The number of benzene rings is 2. The molecular formula is C17H13Cl2F3N2O2. The Morgan fingerprint density at radius 2 is 1.65 bits per heavy atom. The van der Waals surface area contributed by atoms with Gasteiger partial charge in [0.1, 0.15) is 6.54 Å². The van der Waals surface area contributed by atoms with Gasteiger partial charge in [-0.05, 0) is 35.9 Å². The van der Waals surface area contributed by atoms with E-state index in [-0.39, 0.29) is 17.0 Å². The highest BCUT2D eigenvalue weighted by atomic mass is 35.5. The van der Waals surface area contributed by atoms with Gasteiger partial charge in [0, 0.05) is 10.7 Å². The van der Waals surface area contributed by atoms with E-state index in [1.165, 1.54) is 36.4 Å². The Kier molecular flexibility index (Phi) is 6.50. The molecule has 2 rings (SSSR count). The number of alkyl halides is 3. The highest BCUT2D eigenvalue weighted by Crippen LogP contribution is 2.22. The van der Waals surface area contributed by atoms with Crippen LogP contribution in [0.15, 0.2) is 42.5 Å². The lowest BCUT2D eigenvalue weighted by molar-refractivity contribution is -0.138. The second kappa shape index (κ2) is 8.42. The van der Waals surface area contributed by atoms with Gasteiger partial charge in [0.2, 0.25) is 5.91 Å². The molecule has 2 aromatic carbocycles. The lowest BCUT2D eigenvalue weighted by Gasteiger charge is -2.09. The van der Waals surface area contributed by atoms with Crippen LogP contribution in [0, 0.1) is 0 Å². The molecule has 0 bridgehead atoms. The summed E-state index contributed by atoms with van der Waals surface area (Å²) in [5.74, 6) is -1.21. The van der Waals surface area contributed by atoms with Gasteiger partial charge in [-0.1, -0.05) is 35.3 Å². The minimum atomic E-state index is -4.45. The number of rotatable bonds is 5. The first-order valence-electron chi connectivity index (χ1n) is 7.33. The second-order valence-corrected chi connectivity index (χ2v) is 6.19. The predicted molar refractivity (Wildman–Crippen MR) is 93.6 cm³/mol. The molecule has 0 atom stereocenters. The number of anilines is 1. The summed E-state index contributed by atoms with van der Waals surface area (Å²) >= 11 is 11.8. The van der Waals surface area contributed by atoms with Crippen LogP contribution in [-0.2, 0) is 11.2 Å². The largest absolute Gasteiger partial charge is 0.405 e. The lowest BCUT2D eigenvalue weighted by Crippen LogP contribution is -2.34. The van der Waals surface area contributed by atoms with E-state index in [0.717, 1.165) is 0 Å². The smallest absolute Gasteiger partial charge is 0.347 e. The number of carbonyl (C=O) groups is 2. The van der Waals surface area contributed by atoms with Crippen molar-refractivity contribution in [3.05, 3.63) is 63.6 Å².